The van der Waals surface area contributed by atoms with E-state index in [2.05, 4.69) is 6.07 Å². The number of aryl methyl sites for hydroxylation is 2. The molecule has 1 aromatic rings. The average molecular weight is 222 g/mol. The van der Waals surface area contributed by atoms with E-state index >= 15 is 0 Å². The molecule has 3 nitrogen and oxygen atoms in total. The van der Waals surface area contributed by atoms with Crippen molar-refractivity contribution >= 4 is 0 Å². The highest BCUT2D eigenvalue weighted by Gasteiger charge is 2.21. The Morgan fingerprint density at radius 1 is 1.19 bits per heavy atom. The van der Waals surface area contributed by atoms with Gasteiger partial charge in [0.1, 0.15) is 0 Å². The summed E-state index contributed by atoms with van der Waals surface area (Å²) in [7, 11) is 0. The molecule has 0 saturated carbocycles. The number of benzene rings is 1. The summed E-state index contributed by atoms with van der Waals surface area (Å²) in [6.07, 6.45) is -0.263. The molecule has 1 N–H and O–H groups in total. The summed E-state index contributed by atoms with van der Waals surface area (Å²) in [5.74, 6) is 0. The minimum absolute atomic E-state index is 0.254. The van der Waals surface area contributed by atoms with E-state index in [9.17, 15) is 5.11 Å². The van der Waals surface area contributed by atoms with Gasteiger partial charge in [0.15, 0.2) is 6.29 Å². The molecule has 1 aromatic carbocycles. The quantitative estimate of drug-likeness (QED) is 0.851. The minimum Gasteiger partial charge on any atom is -0.388 e. The third kappa shape index (κ3) is 2.82. The fourth-order valence-electron chi connectivity index (χ4n) is 2.06. The first kappa shape index (κ1) is 11.6. The highest BCUT2D eigenvalue weighted by atomic mass is 16.7. The lowest BCUT2D eigenvalue weighted by Gasteiger charge is -2.16. The topological polar surface area (TPSA) is 38.7 Å². The van der Waals surface area contributed by atoms with Crippen molar-refractivity contribution < 1.29 is 14.6 Å². The Bertz CT molecular complexity index is 336. The van der Waals surface area contributed by atoms with Crippen LogP contribution >= 0.6 is 0 Å². The van der Waals surface area contributed by atoms with E-state index in [0.29, 0.717) is 19.6 Å². The molecule has 1 heterocycles. The van der Waals surface area contributed by atoms with Crippen LogP contribution in [0.4, 0.5) is 0 Å². The van der Waals surface area contributed by atoms with Gasteiger partial charge in [-0.05, 0) is 19.4 Å². The molecule has 2 rings (SSSR count). The standard InChI is InChI=1S/C13H18O3/c1-9-5-10(2)7-11(6-9)12(14)8-13-15-3-4-16-13/h5-7,12-14H,3-4,8H2,1-2H3. The van der Waals surface area contributed by atoms with Crippen molar-refractivity contribution in [2.45, 2.75) is 32.7 Å². The van der Waals surface area contributed by atoms with Crippen molar-refractivity contribution in [3.8, 4) is 0 Å². The molecule has 1 aliphatic rings. The number of hydrogen-bond acceptors (Lipinski definition) is 3. The third-order valence-electron chi connectivity index (χ3n) is 2.74. The fraction of sp³-hybridized carbons (Fsp3) is 0.538. The predicted molar refractivity (Wildman–Crippen MR) is 61.2 cm³/mol. The Hall–Kier alpha value is -0.900. The first-order valence-electron chi connectivity index (χ1n) is 5.64. The Morgan fingerprint density at radius 3 is 2.31 bits per heavy atom. The fourth-order valence-corrected chi connectivity index (χ4v) is 2.06. The van der Waals surface area contributed by atoms with Crippen LogP contribution in [-0.4, -0.2) is 24.6 Å². The van der Waals surface area contributed by atoms with Crippen LogP contribution < -0.4 is 0 Å². The largest absolute Gasteiger partial charge is 0.388 e. The maximum atomic E-state index is 10.1. The van der Waals surface area contributed by atoms with Gasteiger partial charge in [0, 0.05) is 6.42 Å². The van der Waals surface area contributed by atoms with Gasteiger partial charge in [-0.25, -0.2) is 0 Å². The summed E-state index contributed by atoms with van der Waals surface area (Å²) in [4.78, 5) is 0. The second-order valence-electron chi connectivity index (χ2n) is 4.34. The smallest absolute Gasteiger partial charge is 0.160 e. The van der Waals surface area contributed by atoms with Crippen molar-refractivity contribution in [1.29, 1.82) is 0 Å². The van der Waals surface area contributed by atoms with Gasteiger partial charge >= 0.3 is 0 Å². The van der Waals surface area contributed by atoms with E-state index in [1.165, 1.54) is 11.1 Å². The van der Waals surface area contributed by atoms with Crippen molar-refractivity contribution in [2.24, 2.45) is 0 Å². The first-order valence-corrected chi connectivity index (χ1v) is 5.64. The molecule has 0 aromatic heterocycles. The van der Waals surface area contributed by atoms with Gasteiger partial charge in [0.05, 0.1) is 19.3 Å². The molecule has 3 heteroatoms. The van der Waals surface area contributed by atoms with Crippen LogP contribution in [-0.2, 0) is 9.47 Å². The van der Waals surface area contributed by atoms with E-state index < -0.39 is 6.10 Å². The highest BCUT2D eigenvalue weighted by molar-refractivity contribution is 5.29. The zero-order chi connectivity index (χ0) is 11.5. The second-order valence-corrected chi connectivity index (χ2v) is 4.34. The van der Waals surface area contributed by atoms with Gasteiger partial charge in [-0.1, -0.05) is 29.3 Å². The molecule has 16 heavy (non-hydrogen) atoms. The van der Waals surface area contributed by atoms with Gasteiger partial charge in [0.2, 0.25) is 0 Å². The van der Waals surface area contributed by atoms with Gasteiger partial charge in [-0.3, -0.25) is 0 Å². The second kappa shape index (κ2) is 4.95. The summed E-state index contributed by atoms with van der Waals surface area (Å²) in [6.45, 7) is 5.33. The van der Waals surface area contributed by atoms with Gasteiger partial charge in [-0.15, -0.1) is 0 Å². The molecule has 0 radical (unpaired) electrons. The van der Waals surface area contributed by atoms with Crippen LogP contribution in [0.2, 0.25) is 0 Å². The lowest BCUT2D eigenvalue weighted by molar-refractivity contribution is -0.0708. The molecular formula is C13H18O3. The van der Waals surface area contributed by atoms with Gasteiger partial charge in [0.25, 0.3) is 0 Å². The molecule has 0 bridgehead atoms. The maximum absolute atomic E-state index is 10.1. The summed E-state index contributed by atoms with van der Waals surface area (Å²) in [6, 6.07) is 6.11. The van der Waals surface area contributed by atoms with Crippen LogP contribution in [0.3, 0.4) is 0 Å². The van der Waals surface area contributed by atoms with Crippen molar-refractivity contribution in [3.05, 3.63) is 34.9 Å². The average Bonchev–Trinajstić information content (AvgIpc) is 2.68. The lowest BCUT2D eigenvalue weighted by atomic mass is 10.0. The maximum Gasteiger partial charge on any atom is 0.160 e. The molecular weight excluding hydrogens is 204 g/mol. The molecule has 1 atom stereocenters. The normalized spacial score (nSPS) is 18.9. The van der Waals surface area contributed by atoms with E-state index in [4.69, 9.17) is 9.47 Å². The molecule has 1 saturated heterocycles. The number of ether oxygens (including phenoxy) is 2. The van der Waals surface area contributed by atoms with Crippen molar-refractivity contribution in [2.75, 3.05) is 13.2 Å². The lowest BCUT2D eigenvalue weighted by Crippen LogP contribution is -2.13. The summed E-state index contributed by atoms with van der Waals surface area (Å²) in [5, 5.41) is 10.1. The SMILES string of the molecule is Cc1cc(C)cc(C(O)CC2OCCO2)c1. The number of hydrogen-bond donors (Lipinski definition) is 1. The molecule has 0 amide bonds. The van der Waals surface area contributed by atoms with E-state index in [0.717, 1.165) is 5.56 Å². The Morgan fingerprint density at radius 2 is 1.75 bits per heavy atom. The minimum atomic E-state index is -0.512. The molecule has 0 aliphatic carbocycles. The zero-order valence-corrected chi connectivity index (χ0v) is 9.77. The van der Waals surface area contributed by atoms with E-state index in [1.54, 1.807) is 0 Å². The van der Waals surface area contributed by atoms with E-state index in [-0.39, 0.29) is 6.29 Å². The van der Waals surface area contributed by atoms with Crippen molar-refractivity contribution in [3.63, 3.8) is 0 Å². The Labute approximate surface area is 96.0 Å². The van der Waals surface area contributed by atoms with Crippen LogP contribution in [0, 0.1) is 13.8 Å². The monoisotopic (exact) mass is 222 g/mol. The van der Waals surface area contributed by atoms with Gasteiger partial charge in [-0.2, -0.15) is 0 Å². The summed E-state index contributed by atoms with van der Waals surface area (Å²) >= 11 is 0. The highest BCUT2D eigenvalue weighted by Crippen LogP contribution is 2.23. The van der Waals surface area contributed by atoms with Crippen LogP contribution in [0.15, 0.2) is 18.2 Å². The van der Waals surface area contributed by atoms with Gasteiger partial charge < -0.3 is 14.6 Å². The molecule has 1 aliphatic heterocycles. The number of aliphatic hydroxyl groups excluding tert-OH is 1. The van der Waals surface area contributed by atoms with Crippen LogP contribution in [0.1, 0.15) is 29.2 Å². The summed E-state index contributed by atoms with van der Waals surface area (Å²) in [5.41, 5.74) is 3.28. The number of rotatable bonds is 3. The summed E-state index contributed by atoms with van der Waals surface area (Å²) < 4.78 is 10.6. The van der Waals surface area contributed by atoms with E-state index in [1.807, 2.05) is 26.0 Å². The molecule has 1 unspecified atom stereocenters. The Kier molecular flexibility index (Phi) is 3.59. The van der Waals surface area contributed by atoms with Crippen molar-refractivity contribution in [1.82, 2.24) is 0 Å². The molecule has 88 valence electrons. The van der Waals surface area contributed by atoms with Crippen LogP contribution in [0.5, 0.6) is 0 Å². The third-order valence-corrected chi connectivity index (χ3v) is 2.74. The van der Waals surface area contributed by atoms with Crippen LogP contribution in [0.25, 0.3) is 0 Å². The zero-order valence-electron chi connectivity index (χ0n) is 9.77. The first-order chi connectivity index (χ1) is 7.65. The Balaban J connectivity index is 2.04. The predicted octanol–water partition coefficient (Wildman–Crippen LogP) is 2.10. The molecule has 1 fully saturated rings. The molecule has 0 spiro atoms. The number of aliphatic hydroxyl groups is 1.